The van der Waals surface area contributed by atoms with Crippen LogP contribution in [0.5, 0.6) is 0 Å². The summed E-state index contributed by atoms with van der Waals surface area (Å²) in [7, 11) is -4.02. The second-order valence-corrected chi connectivity index (χ2v) is 7.60. The molecular weight excluding hydrogens is 346 g/mol. The zero-order chi connectivity index (χ0) is 18.5. The van der Waals surface area contributed by atoms with Crippen LogP contribution in [0.3, 0.4) is 0 Å². The van der Waals surface area contributed by atoms with E-state index >= 15 is 0 Å². The van der Waals surface area contributed by atoms with E-state index in [2.05, 4.69) is 0 Å². The molecule has 0 saturated heterocycles. The van der Waals surface area contributed by atoms with Crippen molar-refractivity contribution in [1.82, 2.24) is 0 Å². The fourth-order valence-electron chi connectivity index (χ4n) is 2.68. The predicted octanol–water partition coefficient (Wildman–Crippen LogP) is 2.42. The predicted molar refractivity (Wildman–Crippen MR) is 92.4 cm³/mol. The summed E-state index contributed by atoms with van der Waals surface area (Å²) in [6, 6.07) is 6.52. The SMILES string of the molecule is CC(C)c1cc(S(N)(=O)=O)cc2c(=O)c3cc(C(=O)O)ccc3oc12. The van der Waals surface area contributed by atoms with Gasteiger partial charge in [-0.1, -0.05) is 13.8 Å². The summed E-state index contributed by atoms with van der Waals surface area (Å²) in [4.78, 5) is 23.8. The van der Waals surface area contributed by atoms with Crippen LogP contribution in [0.15, 0.2) is 44.4 Å². The molecule has 3 aromatic rings. The molecule has 2 aromatic carbocycles. The lowest BCUT2D eigenvalue weighted by Crippen LogP contribution is -2.14. The maximum atomic E-state index is 12.8. The van der Waals surface area contributed by atoms with Gasteiger partial charge in [0.15, 0.2) is 0 Å². The van der Waals surface area contributed by atoms with Crippen LogP contribution in [0.25, 0.3) is 21.9 Å². The van der Waals surface area contributed by atoms with Gasteiger partial charge in [0.05, 0.1) is 21.2 Å². The third-order valence-corrected chi connectivity index (χ3v) is 4.86. The van der Waals surface area contributed by atoms with Crippen LogP contribution in [-0.4, -0.2) is 19.5 Å². The lowest BCUT2D eigenvalue weighted by molar-refractivity contribution is 0.0697. The molecule has 130 valence electrons. The molecule has 8 heteroatoms. The highest BCUT2D eigenvalue weighted by Gasteiger charge is 2.19. The highest BCUT2D eigenvalue weighted by molar-refractivity contribution is 7.89. The van der Waals surface area contributed by atoms with Gasteiger partial charge in [-0.15, -0.1) is 0 Å². The molecule has 3 N–H and O–H groups in total. The van der Waals surface area contributed by atoms with Gasteiger partial charge in [0.2, 0.25) is 15.5 Å². The Morgan fingerprint density at radius 2 is 1.84 bits per heavy atom. The Balaban J connectivity index is 2.53. The first-order valence-corrected chi connectivity index (χ1v) is 8.95. The Morgan fingerprint density at radius 1 is 1.16 bits per heavy atom. The fraction of sp³-hybridized carbons (Fsp3) is 0.176. The number of rotatable bonds is 3. The number of carboxylic acids is 1. The topological polar surface area (TPSA) is 128 Å². The molecule has 0 aliphatic rings. The maximum absolute atomic E-state index is 12.8. The molecule has 0 atom stereocenters. The van der Waals surface area contributed by atoms with Gasteiger partial charge in [0, 0.05) is 0 Å². The molecular formula is C17H15NO6S. The lowest BCUT2D eigenvalue weighted by atomic mass is 9.99. The van der Waals surface area contributed by atoms with Crippen molar-refractivity contribution in [2.75, 3.05) is 0 Å². The Hall–Kier alpha value is -2.71. The van der Waals surface area contributed by atoms with E-state index in [9.17, 15) is 18.0 Å². The van der Waals surface area contributed by atoms with E-state index in [1.54, 1.807) is 0 Å². The second kappa shape index (κ2) is 5.68. The number of benzene rings is 2. The number of carbonyl (C=O) groups is 1. The minimum absolute atomic E-state index is 0.0465. The average Bonchev–Trinajstić information content (AvgIpc) is 2.52. The molecule has 0 radical (unpaired) electrons. The second-order valence-electron chi connectivity index (χ2n) is 6.04. The van der Waals surface area contributed by atoms with E-state index in [1.165, 1.54) is 24.3 Å². The Morgan fingerprint density at radius 3 is 2.40 bits per heavy atom. The molecule has 0 bridgehead atoms. The summed E-state index contributed by atoms with van der Waals surface area (Å²) in [6.07, 6.45) is 0. The Labute approximate surface area is 142 Å². The molecule has 0 spiro atoms. The molecule has 0 aliphatic heterocycles. The minimum atomic E-state index is -4.02. The summed E-state index contributed by atoms with van der Waals surface area (Å²) in [6.45, 7) is 3.67. The molecule has 25 heavy (non-hydrogen) atoms. The first kappa shape index (κ1) is 17.1. The van der Waals surface area contributed by atoms with Gasteiger partial charge in [-0.2, -0.15) is 0 Å². The van der Waals surface area contributed by atoms with Crippen LogP contribution in [0.2, 0.25) is 0 Å². The average molecular weight is 361 g/mol. The van der Waals surface area contributed by atoms with E-state index in [-0.39, 0.29) is 38.3 Å². The largest absolute Gasteiger partial charge is 0.478 e. The quantitative estimate of drug-likeness (QED) is 0.690. The summed E-state index contributed by atoms with van der Waals surface area (Å²) in [5.74, 6) is -1.30. The van der Waals surface area contributed by atoms with Crippen molar-refractivity contribution in [3.8, 4) is 0 Å². The molecule has 0 amide bonds. The lowest BCUT2D eigenvalue weighted by Gasteiger charge is -2.12. The van der Waals surface area contributed by atoms with Crippen molar-refractivity contribution < 1.29 is 22.7 Å². The van der Waals surface area contributed by atoms with Crippen LogP contribution in [0.4, 0.5) is 0 Å². The summed E-state index contributed by atoms with van der Waals surface area (Å²) in [5, 5.41) is 14.4. The van der Waals surface area contributed by atoms with E-state index < -0.39 is 21.4 Å². The summed E-state index contributed by atoms with van der Waals surface area (Å²) in [5.41, 5.74) is 0.455. The fourth-order valence-corrected chi connectivity index (χ4v) is 3.26. The van der Waals surface area contributed by atoms with Crippen molar-refractivity contribution >= 4 is 37.9 Å². The number of hydrogen-bond acceptors (Lipinski definition) is 5. The third kappa shape index (κ3) is 2.90. The van der Waals surface area contributed by atoms with Crippen LogP contribution >= 0.6 is 0 Å². The molecule has 1 heterocycles. The minimum Gasteiger partial charge on any atom is -0.478 e. The number of primary sulfonamides is 1. The van der Waals surface area contributed by atoms with E-state index in [0.29, 0.717) is 5.56 Å². The van der Waals surface area contributed by atoms with Crippen molar-refractivity contribution in [2.45, 2.75) is 24.7 Å². The van der Waals surface area contributed by atoms with E-state index in [4.69, 9.17) is 14.7 Å². The van der Waals surface area contributed by atoms with Crippen LogP contribution < -0.4 is 10.6 Å². The highest BCUT2D eigenvalue weighted by atomic mass is 32.2. The third-order valence-electron chi connectivity index (χ3n) is 3.97. The molecule has 1 aromatic heterocycles. The van der Waals surface area contributed by atoms with Crippen LogP contribution in [-0.2, 0) is 10.0 Å². The van der Waals surface area contributed by atoms with Gasteiger partial charge in [-0.25, -0.2) is 18.4 Å². The highest BCUT2D eigenvalue weighted by Crippen LogP contribution is 2.30. The monoisotopic (exact) mass is 361 g/mol. The van der Waals surface area contributed by atoms with Crippen molar-refractivity contribution in [3.63, 3.8) is 0 Å². The Bertz CT molecular complexity index is 1190. The van der Waals surface area contributed by atoms with Crippen molar-refractivity contribution in [3.05, 3.63) is 51.7 Å². The standard InChI is InChI=1S/C17H15NO6S/c1-8(2)11-6-10(25(18,22)23)7-13-15(19)12-5-9(17(20)21)3-4-14(12)24-16(11)13/h3-8H,1-2H3,(H,20,21)(H2,18,22,23). The normalized spacial score (nSPS) is 12.2. The van der Waals surface area contributed by atoms with Gasteiger partial charge in [0.1, 0.15) is 11.2 Å². The van der Waals surface area contributed by atoms with Gasteiger partial charge in [0.25, 0.3) is 0 Å². The number of carboxylic acid groups (broad SMARTS) is 1. The van der Waals surface area contributed by atoms with Crippen LogP contribution in [0.1, 0.15) is 35.7 Å². The zero-order valence-electron chi connectivity index (χ0n) is 13.4. The molecule has 7 nitrogen and oxygen atoms in total. The van der Waals surface area contributed by atoms with Gasteiger partial charge in [-0.05, 0) is 41.8 Å². The first-order valence-electron chi connectivity index (χ1n) is 7.40. The maximum Gasteiger partial charge on any atom is 0.335 e. The first-order chi connectivity index (χ1) is 11.6. The molecule has 3 rings (SSSR count). The molecule has 0 fully saturated rings. The summed E-state index contributed by atoms with van der Waals surface area (Å²) >= 11 is 0. The van der Waals surface area contributed by atoms with Gasteiger partial charge in [-0.3, -0.25) is 4.79 Å². The van der Waals surface area contributed by atoms with Crippen molar-refractivity contribution in [2.24, 2.45) is 5.14 Å². The van der Waals surface area contributed by atoms with E-state index in [1.807, 2.05) is 13.8 Å². The van der Waals surface area contributed by atoms with Crippen molar-refractivity contribution in [1.29, 1.82) is 0 Å². The molecule has 0 saturated carbocycles. The van der Waals surface area contributed by atoms with E-state index in [0.717, 1.165) is 6.07 Å². The molecule has 0 aliphatic carbocycles. The molecule has 0 unspecified atom stereocenters. The van der Waals surface area contributed by atoms with Gasteiger partial charge >= 0.3 is 5.97 Å². The number of fused-ring (bicyclic) bond motifs is 2. The Kier molecular flexibility index (Phi) is 3.89. The zero-order valence-corrected chi connectivity index (χ0v) is 14.3. The number of sulfonamides is 1. The van der Waals surface area contributed by atoms with Crippen LogP contribution in [0, 0.1) is 0 Å². The number of aromatic carboxylic acids is 1. The number of hydrogen-bond donors (Lipinski definition) is 2. The number of nitrogens with two attached hydrogens (primary N) is 1. The smallest absolute Gasteiger partial charge is 0.335 e. The van der Waals surface area contributed by atoms with Gasteiger partial charge < -0.3 is 9.52 Å². The summed E-state index contributed by atoms with van der Waals surface area (Å²) < 4.78 is 29.3.